The number of carbonyl (C=O) groups excluding carboxylic acids is 2. The Labute approximate surface area is 197 Å². The van der Waals surface area contributed by atoms with E-state index in [-0.39, 0.29) is 11.3 Å². The number of carbonyl (C=O) groups is 2. The summed E-state index contributed by atoms with van der Waals surface area (Å²) in [6.07, 6.45) is 0. The predicted molar refractivity (Wildman–Crippen MR) is 125 cm³/mol. The molecule has 0 bridgehead atoms. The molecule has 166 valence electrons. The molecule has 3 heterocycles. The van der Waals surface area contributed by atoms with Gasteiger partial charge < -0.3 is 14.3 Å². The van der Waals surface area contributed by atoms with Gasteiger partial charge in [-0.2, -0.15) is 0 Å². The summed E-state index contributed by atoms with van der Waals surface area (Å²) in [4.78, 5) is 32.5. The van der Waals surface area contributed by atoms with Crippen molar-refractivity contribution in [1.29, 1.82) is 0 Å². The molecule has 0 radical (unpaired) electrons. The van der Waals surface area contributed by atoms with Crippen molar-refractivity contribution in [3.8, 4) is 5.75 Å². The van der Waals surface area contributed by atoms with Gasteiger partial charge in [-0.1, -0.05) is 35.1 Å². The van der Waals surface area contributed by atoms with Crippen LogP contribution in [0.25, 0.3) is 10.2 Å². The van der Waals surface area contributed by atoms with Crippen LogP contribution < -0.4 is 9.64 Å². The van der Waals surface area contributed by atoms with Crippen LogP contribution in [0.2, 0.25) is 5.02 Å². The zero-order chi connectivity index (χ0) is 23.3. The molecule has 9 heteroatoms. The molecule has 1 aliphatic rings. The molecule has 33 heavy (non-hydrogen) atoms. The van der Waals surface area contributed by atoms with Crippen molar-refractivity contribution < 1.29 is 23.8 Å². The summed E-state index contributed by atoms with van der Waals surface area (Å²) in [6, 6.07) is 14.4. The Hall–Kier alpha value is -3.62. The lowest BCUT2D eigenvalue weighted by Gasteiger charge is -2.24. The topological polar surface area (TPSA) is 92.9 Å². The number of fused-ring (bicyclic) bond motifs is 1. The average molecular weight is 481 g/mol. The first-order valence-electron chi connectivity index (χ1n) is 9.95. The van der Waals surface area contributed by atoms with Gasteiger partial charge in [0.05, 0.1) is 28.9 Å². The molecule has 0 saturated carbocycles. The Bertz CT molecular complexity index is 1440. The van der Waals surface area contributed by atoms with Gasteiger partial charge in [0.15, 0.2) is 16.7 Å². The molecule has 0 fully saturated rings. The summed E-state index contributed by atoms with van der Waals surface area (Å²) in [6.45, 7) is 1.71. The van der Waals surface area contributed by atoms with Crippen LogP contribution in [-0.4, -0.2) is 28.9 Å². The minimum absolute atomic E-state index is 0.0386. The van der Waals surface area contributed by atoms with Gasteiger partial charge in [-0.05, 0) is 55.0 Å². The van der Waals surface area contributed by atoms with Gasteiger partial charge in [0, 0.05) is 5.02 Å². The van der Waals surface area contributed by atoms with Crippen molar-refractivity contribution in [3.05, 3.63) is 88.0 Å². The van der Waals surface area contributed by atoms with Crippen LogP contribution in [0.3, 0.4) is 0 Å². The van der Waals surface area contributed by atoms with Gasteiger partial charge in [0.2, 0.25) is 5.78 Å². The Balaban J connectivity index is 1.66. The molecule has 4 aromatic rings. The van der Waals surface area contributed by atoms with Crippen molar-refractivity contribution in [2.75, 3.05) is 12.0 Å². The molecule has 2 aromatic heterocycles. The number of benzene rings is 2. The van der Waals surface area contributed by atoms with E-state index < -0.39 is 23.5 Å². The zero-order valence-corrected chi connectivity index (χ0v) is 19.1. The number of nitrogens with zero attached hydrogens (tertiary/aromatic N) is 2. The quantitative estimate of drug-likeness (QED) is 0.371. The van der Waals surface area contributed by atoms with E-state index in [0.29, 0.717) is 32.7 Å². The first-order valence-corrected chi connectivity index (χ1v) is 11.1. The number of aromatic nitrogens is 1. The average Bonchev–Trinajstić information content (AvgIpc) is 3.49. The van der Waals surface area contributed by atoms with Crippen molar-refractivity contribution in [2.45, 2.75) is 13.0 Å². The number of amides is 1. The number of aryl methyl sites for hydroxylation is 1. The number of furan rings is 1. The van der Waals surface area contributed by atoms with E-state index >= 15 is 0 Å². The molecule has 0 aliphatic carbocycles. The fourth-order valence-electron chi connectivity index (χ4n) is 3.81. The highest BCUT2D eigenvalue weighted by molar-refractivity contribution is 7.22. The zero-order valence-electron chi connectivity index (χ0n) is 17.5. The molecular formula is C24H17ClN2O5S. The first kappa shape index (κ1) is 21.2. The molecule has 1 atom stereocenters. The van der Waals surface area contributed by atoms with Gasteiger partial charge in [-0.25, -0.2) is 4.98 Å². The second-order valence-corrected chi connectivity index (χ2v) is 8.91. The lowest BCUT2D eigenvalue weighted by Crippen LogP contribution is -2.30. The van der Waals surface area contributed by atoms with Gasteiger partial charge in [-0.3, -0.25) is 14.5 Å². The third-order valence-corrected chi connectivity index (χ3v) is 6.66. The maximum Gasteiger partial charge on any atom is 0.296 e. The standard InChI is InChI=1S/C24H17ClN2O5S/c1-12-3-10-17(32-12)21(28)19-20(13-4-6-14(25)7-5-13)27(23(30)22(19)29)24-26-16-9-8-15(31-2)11-18(16)33-24/h3-11,20,29H,1-2H3. The van der Waals surface area contributed by atoms with E-state index in [4.69, 9.17) is 20.8 Å². The van der Waals surface area contributed by atoms with Crippen LogP contribution in [-0.2, 0) is 4.79 Å². The number of Topliss-reactive ketones (excluding diaryl/α,β-unsaturated/α-hetero) is 1. The normalized spacial score (nSPS) is 16.2. The number of hydrogen-bond donors (Lipinski definition) is 1. The Morgan fingerprint density at radius 2 is 1.94 bits per heavy atom. The number of ether oxygens (including phenoxy) is 1. The third-order valence-electron chi connectivity index (χ3n) is 5.39. The molecule has 1 N–H and O–H groups in total. The van der Waals surface area contributed by atoms with Crippen LogP contribution in [0.4, 0.5) is 5.13 Å². The molecule has 7 nitrogen and oxygen atoms in total. The molecule has 5 rings (SSSR count). The molecule has 0 saturated heterocycles. The van der Waals surface area contributed by atoms with Crippen LogP contribution in [0.5, 0.6) is 5.75 Å². The van der Waals surface area contributed by atoms with Crippen molar-refractivity contribution in [1.82, 2.24) is 4.98 Å². The minimum atomic E-state index is -0.907. The second kappa shape index (κ2) is 8.06. The third kappa shape index (κ3) is 3.57. The molecule has 1 amide bonds. The van der Waals surface area contributed by atoms with E-state index in [1.807, 2.05) is 6.07 Å². The molecule has 0 spiro atoms. The van der Waals surface area contributed by atoms with Gasteiger partial charge in [-0.15, -0.1) is 0 Å². The summed E-state index contributed by atoms with van der Waals surface area (Å²) < 4.78 is 11.6. The smallest absolute Gasteiger partial charge is 0.296 e. The molecule has 1 unspecified atom stereocenters. The second-order valence-electron chi connectivity index (χ2n) is 7.46. The van der Waals surface area contributed by atoms with Crippen molar-refractivity contribution >= 4 is 50.0 Å². The number of anilines is 1. The number of hydrogen-bond acceptors (Lipinski definition) is 7. The number of aliphatic hydroxyl groups is 1. The maximum absolute atomic E-state index is 13.3. The number of ketones is 1. The Kier molecular flexibility index (Phi) is 5.19. The minimum Gasteiger partial charge on any atom is -0.503 e. The van der Waals surface area contributed by atoms with Crippen LogP contribution in [0, 0.1) is 6.92 Å². The monoisotopic (exact) mass is 480 g/mol. The Morgan fingerprint density at radius 1 is 1.18 bits per heavy atom. The fourth-order valence-corrected chi connectivity index (χ4v) is 4.95. The fraction of sp³-hybridized carbons (Fsp3) is 0.125. The van der Waals surface area contributed by atoms with E-state index in [0.717, 1.165) is 4.70 Å². The highest BCUT2D eigenvalue weighted by Gasteiger charge is 2.46. The summed E-state index contributed by atoms with van der Waals surface area (Å²) >= 11 is 7.32. The van der Waals surface area contributed by atoms with E-state index in [1.165, 1.54) is 22.3 Å². The molecule has 2 aromatic carbocycles. The summed E-state index contributed by atoms with van der Waals surface area (Å²) in [7, 11) is 1.57. The van der Waals surface area contributed by atoms with E-state index in [2.05, 4.69) is 4.98 Å². The predicted octanol–water partition coefficient (Wildman–Crippen LogP) is 5.64. The van der Waals surface area contributed by atoms with Gasteiger partial charge in [0.25, 0.3) is 5.91 Å². The molecular weight excluding hydrogens is 464 g/mol. The highest BCUT2D eigenvalue weighted by atomic mass is 35.5. The number of thiazole rings is 1. The number of methoxy groups -OCH3 is 1. The number of aliphatic hydroxyl groups excluding tert-OH is 1. The first-order chi connectivity index (χ1) is 15.9. The summed E-state index contributed by atoms with van der Waals surface area (Å²) in [5.41, 5.74) is 1.19. The highest BCUT2D eigenvalue weighted by Crippen LogP contribution is 2.44. The number of rotatable bonds is 5. The van der Waals surface area contributed by atoms with Crippen LogP contribution in [0.1, 0.15) is 27.9 Å². The largest absolute Gasteiger partial charge is 0.503 e. The van der Waals surface area contributed by atoms with Crippen molar-refractivity contribution in [3.63, 3.8) is 0 Å². The van der Waals surface area contributed by atoms with Crippen molar-refractivity contribution in [2.24, 2.45) is 0 Å². The van der Waals surface area contributed by atoms with E-state index in [9.17, 15) is 14.7 Å². The van der Waals surface area contributed by atoms with Crippen LogP contribution >= 0.6 is 22.9 Å². The molecule has 1 aliphatic heterocycles. The maximum atomic E-state index is 13.3. The van der Waals surface area contributed by atoms with Gasteiger partial charge >= 0.3 is 0 Å². The van der Waals surface area contributed by atoms with Crippen LogP contribution in [0.15, 0.2) is 70.3 Å². The lowest BCUT2D eigenvalue weighted by atomic mass is 9.95. The SMILES string of the molecule is COc1ccc2nc(N3C(=O)C(O)=C(C(=O)c4ccc(C)o4)C3c3ccc(Cl)cc3)sc2c1. The summed E-state index contributed by atoms with van der Waals surface area (Å²) in [5.74, 6) is -0.679. The number of halogens is 1. The summed E-state index contributed by atoms with van der Waals surface area (Å²) in [5, 5.41) is 11.7. The van der Waals surface area contributed by atoms with Gasteiger partial charge in [0.1, 0.15) is 11.5 Å². The van der Waals surface area contributed by atoms with E-state index in [1.54, 1.807) is 56.5 Å². The lowest BCUT2D eigenvalue weighted by molar-refractivity contribution is -0.117. The Morgan fingerprint density at radius 3 is 2.61 bits per heavy atom.